The van der Waals surface area contributed by atoms with E-state index in [1.807, 2.05) is 0 Å². The second-order valence-corrected chi connectivity index (χ2v) is 3.40. The predicted octanol–water partition coefficient (Wildman–Crippen LogP) is 1.24. The second kappa shape index (κ2) is 2.05. The van der Waals surface area contributed by atoms with Crippen molar-refractivity contribution in [2.45, 2.75) is 17.7 Å². The first-order valence-corrected chi connectivity index (χ1v) is 3.48. The molecule has 0 atom stereocenters. The summed E-state index contributed by atoms with van der Waals surface area (Å²) in [4.78, 5) is 10.6. The van der Waals surface area contributed by atoms with E-state index < -0.39 is 5.97 Å². The number of halogens is 1. The smallest absolute Gasteiger partial charge is 0.306 e. The van der Waals surface area contributed by atoms with Gasteiger partial charge in [0.15, 0.2) is 0 Å². The molecule has 1 saturated carbocycles. The van der Waals surface area contributed by atoms with Crippen LogP contribution in [0.15, 0.2) is 0 Å². The lowest BCUT2D eigenvalue weighted by Crippen LogP contribution is -2.30. The highest BCUT2D eigenvalue weighted by Gasteiger charge is 2.32. The summed E-state index contributed by atoms with van der Waals surface area (Å²) in [6.45, 7) is 0. The Morgan fingerprint density at radius 2 is 2.12 bits per heavy atom. The fraction of sp³-hybridized carbons (Fsp3) is 0.800. The third-order valence-electron chi connectivity index (χ3n) is 1.43. The summed E-state index contributed by atoms with van der Waals surface area (Å²) >= 11 is 3.31. The Morgan fingerprint density at radius 3 is 2.25 bits per heavy atom. The molecular weight excluding hydrogens is 172 g/mol. The van der Waals surface area contributed by atoms with Gasteiger partial charge in [0.25, 0.3) is 0 Å². The van der Waals surface area contributed by atoms with Gasteiger partial charge in [-0.15, -0.1) is 0 Å². The Kier molecular flexibility index (Phi) is 1.56. The molecule has 0 spiro atoms. The van der Waals surface area contributed by atoms with Crippen LogP contribution in [0.25, 0.3) is 0 Å². The van der Waals surface area contributed by atoms with Gasteiger partial charge in [-0.3, -0.25) is 4.79 Å². The van der Waals surface area contributed by atoms with E-state index in [1.54, 1.807) is 0 Å². The van der Waals surface area contributed by atoms with Gasteiger partial charge in [0.2, 0.25) is 0 Å². The molecular formula is C5H7BrO2. The van der Waals surface area contributed by atoms with Crippen molar-refractivity contribution in [3.63, 3.8) is 0 Å². The average Bonchev–Trinajstić information content (AvgIpc) is 1.57. The lowest BCUT2D eigenvalue weighted by Gasteiger charge is -2.26. The molecule has 2 nitrogen and oxygen atoms in total. The predicted molar refractivity (Wildman–Crippen MR) is 33.1 cm³/mol. The van der Waals surface area contributed by atoms with Crippen molar-refractivity contribution < 1.29 is 9.90 Å². The standard InChI is InChI=1S/C5H7BrO2/c6-4-1-3(2-4)5(7)8/h3-4H,1-2H2,(H,7,8). The van der Waals surface area contributed by atoms with Crippen molar-refractivity contribution in [2.24, 2.45) is 5.92 Å². The quantitative estimate of drug-likeness (QED) is 0.615. The maximum atomic E-state index is 10.1. The molecule has 1 fully saturated rings. The van der Waals surface area contributed by atoms with Crippen LogP contribution in [-0.2, 0) is 4.79 Å². The average molecular weight is 179 g/mol. The molecule has 0 unspecified atom stereocenters. The van der Waals surface area contributed by atoms with Crippen molar-refractivity contribution in [1.82, 2.24) is 0 Å². The van der Waals surface area contributed by atoms with Gasteiger partial charge in [-0.1, -0.05) is 15.9 Å². The number of carbonyl (C=O) groups is 1. The SMILES string of the molecule is O=C(O)C1CC(Br)C1. The van der Waals surface area contributed by atoms with Gasteiger partial charge in [0.1, 0.15) is 0 Å². The van der Waals surface area contributed by atoms with Gasteiger partial charge >= 0.3 is 5.97 Å². The summed E-state index contributed by atoms with van der Waals surface area (Å²) in [6, 6.07) is 0. The highest BCUT2D eigenvalue weighted by Crippen LogP contribution is 2.32. The Labute approximate surface area is 56.0 Å². The van der Waals surface area contributed by atoms with E-state index in [4.69, 9.17) is 5.11 Å². The van der Waals surface area contributed by atoms with Crippen molar-refractivity contribution in [1.29, 1.82) is 0 Å². The molecule has 0 aliphatic heterocycles. The molecule has 0 amide bonds. The van der Waals surface area contributed by atoms with Crippen LogP contribution in [0.3, 0.4) is 0 Å². The Hall–Kier alpha value is -0.0500. The molecule has 1 N–H and O–H groups in total. The van der Waals surface area contributed by atoms with Crippen LogP contribution < -0.4 is 0 Å². The second-order valence-electron chi connectivity index (χ2n) is 2.10. The number of alkyl halides is 1. The van der Waals surface area contributed by atoms with Crippen LogP contribution in [0.1, 0.15) is 12.8 Å². The molecule has 0 bridgehead atoms. The van der Waals surface area contributed by atoms with Crippen molar-refractivity contribution in [3.05, 3.63) is 0 Å². The summed E-state index contributed by atoms with van der Waals surface area (Å²) in [5.41, 5.74) is 0. The van der Waals surface area contributed by atoms with E-state index in [0.29, 0.717) is 4.83 Å². The van der Waals surface area contributed by atoms with Crippen molar-refractivity contribution >= 4 is 21.9 Å². The molecule has 46 valence electrons. The van der Waals surface area contributed by atoms with E-state index >= 15 is 0 Å². The zero-order valence-corrected chi connectivity index (χ0v) is 5.89. The lowest BCUT2D eigenvalue weighted by molar-refractivity contribution is -0.144. The van der Waals surface area contributed by atoms with E-state index in [0.717, 1.165) is 12.8 Å². The summed E-state index contributed by atoms with van der Waals surface area (Å²) in [5.74, 6) is -0.722. The van der Waals surface area contributed by atoms with E-state index in [1.165, 1.54) is 0 Å². The fourth-order valence-electron chi connectivity index (χ4n) is 0.750. The van der Waals surface area contributed by atoms with Gasteiger partial charge < -0.3 is 5.11 Å². The molecule has 8 heavy (non-hydrogen) atoms. The maximum absolute atomic E-state index is 10.1. The van der Waals surface area contributed by atoms with Crippen LogP contribution in [-0.4, -0.2) is 15.9 Å². The first kappa shape index (κ1) is 6.08. The topological polar surface area (TPSA) is 37.3 Å². The van der Waals surface area contributed by atoms with Crippen LogP contribution in [0.5, 0.6) is 0 Å². The van der Waals surface area contributed by atoms with Crippen LogP contribution in [0.4, 0.5) is 0 Å². The van der Waals surface area contributed by atoms with Gasteiger partial charge in [-0.25, -0.2) is 0 Å². The Morgan fingerprint density at radius 1 is 1.62 bits per heavy atom. The number of carboxylic acid groups (broad SMARTS) is 1. The fourth-order valence-corrected chi connectivity index (χ4v) is 1.65. The number of aliphatic carboxylic acids is 1. The number of hydrogen-bond donors (Lipinski definition) is 1. The first-order valence-electron chi connectivity index (χ1n) is 2.57. The van der Waals surface area contributed by atoms with Crippen LogP contribution >= 0.6 is 15.9 Å². The largest absolute Gasteiger partial charge is 0.481 e. The molecule has 3 heteroatoms. The minimum atomic E-state index is -0.652. The maximum Gasteiger partial charge on any atom is 0.306 e. The van der Waals surface area contributed by atoms with Crippen molar-refractivity contribution in [3.8, 4) is 0 Å². The van der Waals surface area contributed by atoms with Crippen LogP contribution in [0.2, 0.25) is 0 Å². The number of hydrogen-bond acceptors (Lipinski definition) is 1. The van der Waals surface area contributed by atoms with Gasteiger partial charge in [-0.2, -0.15) is 0 Å². The van der Waals surface area contributed by atoms with Gasteiger partial charge in [0.05, 0.1) is 5.92 Å². The van der Waals surface area contributed by atoms with Crippen molar-refractivity contribution in [2.75, 3.05) is 0 Å². The first-order chi connectivity index (χ1) is 3.70. The van der Waals surface area contributed by atoms with E-state index in [-0.39, 0.29) is 5.92 Å². The Bertz CT molecular complexity index is 107. The van der Waals surface area contributed by atoms with Gasteiger partial charge in [0, 0.05) is 4.83 Å². The molecule has 1 rings (SSSR count). The monoisotopic (exact) mass is 178 g/mol. The number of carboxylic acids is 1. The third-order valence-corrected chi connectivity index (χ3v) is 2.18. The number of rotatable bonds is 1. The lowest BCUT2D eigenvalue weighted by atomic mass is 9.86. The molecule has 0 aromatic heterocycles. The zero-order chi connectivity index (χ0) is 6.15. The minimum Gasteiger partial charge on any atom is -0.481 e. The van der Waals surface area contributed by atoms with E-state index in [9.17, 15) is 4.79 Å². The molecule has 1 aliphatic carbocycles. The summed E-state index contributed by atoms with van der Waals surface area (Å²) in [6.07, 6.45) is 1.60. The minimum absolute atomic E-state index is 0.0700. The molecule has 1 aliphatic rings. The van der Waals surface area contributed by atoms with Gasteiger partial charge in [-0.05, 0) is 12.8 Å². The molecule has 0 radical (unpaired) electrons. The summed E-state index contributed by atoms with van der Waals surface area (Å²) in [5, 5.41) is 8.33. The Balaban J connectivity index is 2.25. The van der Waals surface area contributed by atoms with E-state index in [2.05, 4.69) is 15.9 Å². The molecule has 0 aromatic rings. The van der Waals surface area contributed by atoms with Crippen LogP contribution in [0, 0.1) is 5.92 Å². The summed E-state index contributed by atoms with van der Waals surface area (Å²) < 4.78 is 0. The normalized spacial score (nSPS) is 36.1. The molecule has 0 heterocycles. The summed E-state index contributed by atoms with van der Waals surface area (Å²) in [7, 11) is 0. The highest BCUT2D eigenvalue weighted by atomic mass is 79.9. The zero-order valence-electron chi connectivity index (χ0n) is 4.30. The molecule has 0 aromatic carbocycles. The third kappa shape index (κ3) is 1.02. The highest BCUT2D eigenvalue weighted by molar-refractivity contribution is 9.09. The molecule has 0 saturated heterocycles.